The van der Waals surface area contributed by atoms with Gasteiger partial charge in [-0.3, -0.25) is 0 Å². The molecule has 1 aliphatic rings. The quantitative estimate of drug-likeness (QED) is 0.155. The van der Waals surface area contributed by atoms with Crippen LogP contribution in [-0.4, -0.2) is 12.3 Å². The minimum atomic E-state index is 0. The van der Waals surface area contributed by atoms with Gasteiger partial charge >= 0.3 is 25.8 Å². The third-order valence-electron chi connectivity index (χ3n) is 5.57. The molecule has 0 aromatic heterocycles. The van der Waals surface area contributed by atoms with Gasteiger partial charge in [-0.15, -0.1) is 45.9 Å². The van der Waals surface area contributed by atoms with E-state index >= 15 is 0 Å². The van der Waals surface area contributed by atoms with Gasteiger partial charge in [0, 0.05) is 0 Å². The van der Waals surface area contributed by atoms with Crippen molar-refractivity contribution in [3.05, 3.63) is 96.1 Å². The van der Waals surface area contributed by atoms with Crippen LogP contribution in [0.25, 0.3) is 21.9 Å². The van der Waals surface area contributed by atoms with E-state index in [1.165, 1.54) is 58.2 Å². The van der Waals surface area contributed by atoms with E-state index in [1.807, 2.05) is 6.07 Å². The molecule has 0 atom stereocenters. The number of fused-ring (bicyclic) bond motifs is 4. The maximum Gasteiger partial charge on any atom is 4.00 e. The summed E-state index contributed by atoms with van der Waals surface area (Å²) in [6.45, 7) is 4.60. The second kappa shape index (κ2) is 14.4. The van der Waals surface area contributed by atoms with Crippen molar-refractivity contribution in [2.24, 2.45) is 0 Å². The van der Waals surface area contributed by atoms with Crippen LogP contribution < -0.4 is 30.1 Å². The molecule has 164 valence electrons. The fraction of sp³-hybridized carbons (Fsp3) is 0.250. The molecule has 0 N–H and O–H groups in total. The topological polar surface area (TPSA) is 0 Å². The molecule has 0 aliphatic heterocycles. The summed E-state index contributed by atoms with van der Waals surface area (Å²) >= 11 is 0. The van der Waals surface area contributed by atoms with Crippen molar-refractivity contribution in [3.8, 4) is 11.1 Å². The van der Waals surface area contributed by atoms with Crippen molar-refractivity contribution in [3.63, 3.8) is 0 Å². The molecule has 0 amide bonds. The SMILES string of the molecule is CCCP(CCC)c1cc2ccccc2[cH-]1.[Cl-].[Cl-].[Hf+4].[c-]1cccc2c1Cc1ccccc1-2. The van der Waals surface area contributed by atoms with Crippen LogP contribution in [0.4, 0.5) is 0 Å². The van der Waals surface area contributed by atoms with Crippen molar-refractivity contribution in [1.29, 1.82) is 0 Å². The Bertz CT molecular complexity index is 1010. The van der Waals surface area contributed by atoms with Gasteiger partial charge in [0.15, 0.2) is 0 Å². The van der Waals surface area contributed by atoms with Crippen LogP contribution in [0.3, 0.4) is 0 Å². The fourth-order valence-corrected chi connectivity index (χ4v) is 6.69. The third-order valence-corrected chi connectivity index (χ3v) is 8.53. The molecule has 0 heterocycles. The van der Waals surface area contributed by atoms with E-state index < -0.39 is 0 Å². The summed E-state index contributed by atoms with van der Waals surface area (Å²) in [5.74, 6) is 0. The van der Waals surface area contributed by atoms with Gasteiger partial charge in [-0.05, 0) is 18.7 Å². The molecule has 4 aromatic carbocycles. The summed E-state index contributed by atoms with van der Waals surface area (Å²) in [5, 5.41) is 4.44. The van der Waals surface area contributed by atoms with Crippen molar-refractivity contribution in [1.82, 2.24) is 0 Å². The maximum atomic E-state index is 3.30. The summed E-state index contributed by atoms with van der Waals surface area (Å²) in [6, 6.07) is 31.6. The number of hydrogen-bond acceptors (Lipinski definition) is 0. The van der Waals surface area contributed by atoms with E-state index in [0.717, 1.165) is 6.42 Å². The molecule has 0 bridgehead atoms. The zero-order valence-electron chi connectivity index (χ0n) is 18.7. The Kier molecular flexibility index (Phi) is 13.2. The number of benzene rings is 3. The summed E-state index contributed by atoms with van der Waals surface area (Å²) in [7, 11) is 0.0972. The third kappa shape index (κ3) is 6.83. The van der Waals surface area contributed by atoms with Crippen molar-refractivity contribution in [2.75, 3.05) is 12.3 Å². The number of halogens is 2. The molecule has 0 spiro atoms. The largest absolute Gasteiger partial charge is 4.00 e. The van der Waals surface area contributed by atoms with Gasteiger partial charge in [0.1, 0.15) is 0 Å². The van der Waals surface area contributed by atoms with Gasteiger partial charge in [-0.1, -0.05) is 76.1 Å². The van der Waals surface area contributed by atoms with E-state index in [9.17, 15) is 0 Å². The number of rotatable bonds is 5. The molecule has 0 nitrogen and oxygen atoms in total. The molecular formula is C28H29Cl2HfP. The first-order valence-corrected chi connectivity index (χ1v) is 12.5. The van der Waals surface area contributed by atoms with Gasteiger partial charge in [0.2, 0.25) is 0 Å². The van der Waals surface area contributed by atoms with E-state index in [2.05, 4.69) is 92.7 Å². The predicted octanol–water partition coefficient (Wildman–Crippen LogP) is 1.55. The summed E-state index contributed by atoms with van der Waals surface area (Å²) in [4.78, 5) is 0. The molecule has 0 saturated heterocycles. The van der Waals surface area contributed by atoms with Crippen LogP contribution in [0.2, 0.25) is 0 Å². The second-order valence-corrected chi connectivity index (χ2v) is 10.2. The summed E-state index contributed by atoms with van der Waals surface area (Å²) < 4.78 is 0. The van der Waals surface area contributed by atoms with E-state index in [4.69, 9.17) is 0 Å². The minimum Gasteiger partial charge on any atom is -1.00 e. The van der Waals surface area contributed by atoms with Gasteiger partial charge < -0.3 is 24.8 Å². The van der Waals surface area contributed by atoms with Crippen LogP contribution in [0, 0.1) is 6.07 Å². The van der Waals surface area contributed by atoms with Crippen LogP contribution in [0.5, 0.6) is 0 Å². The molecule has 0 unspecified atom stereocenters. The van der Waals surface area contributed by atoms with Gasteiger partial charge in [0.05, 0.1) is 0 Å². The summed E-state index contributed by atoms with van der Waals surface area (Å²) in [5.41, 5.74) is 5.51. The first-order valence-electron chi connectivity index (χ1n) is 10.8. The van der Waals surface area contributed by atoms with E-state index in [0.29, 0.717) is 0 Å². The summed E-state index contributed by atoms with van der Waals surface area (Å²) in [6.07, 6.45) is 6.45. The molecule has 1 aliphatic carbocycles. The Hall–Kier alpha value is -0.850. The van der Waals surface area contributed by atoms with Gasteiger partial charge in [0.25, 0.3) is 0 Å². The molecule has 5 rings (SSSR count). The Morgan fingerprint density at radius 2 is 1.50 bits per heavy atom. The molecular weight excluding hydrogens is 617 g/mol. The van der Waals surface area contributed by atoms with Crippen LogP contribution in [-0.2, 0) is 32.3 Å². The van der Waals surface area contributed by atoms with Crippen molar-refractivity contribution >= 4 is 24.0 Å². The zero-order chi connectivity index (χ0) is 20.1. The Morgan fingerprint density at radius 1 is 0.844 bits per heavy atom. The minimum absolute atomic E-state index is 0. The van der Waals surface area contributed by atoms with Gasteiger partial charge in [-0.25, -0.2) is 0 Å². The first kappa shape index (κ1) is 29.2. The van der Waals surface area contributed by atoms with Gasteiger partial charge in [-0.2, -0.15) is 35.9 Å². The second-order valence-electron chi connectivity index (χ2n) is 7.73. The van der Waals surface area contributed by atoms with Crippen LogP contribution >= 0.6 is 7.92 Å². The average molecular weight is 646 g/mol. The normalized spacial score (nSPS) is 10.7. The zero-order valence-corrected chi connectivity index (χ0v) is 24.7. The fourth-order valence-electron chi connectivity index (χ4n) is 4.22. The Labute approximate surface area is 225 Å². The van der Waals surface area contributed by atoms with Crippen molar-refractivity contribution in [2.45, 2.75) is 33.1 Å². The van der Waals surface area contributed by atoms with Crippen LogP contribution in [0.1, 0.15) is 37.8 Å². The molecule has 4 heteroatoms. The molecule has 4 aromatic rings. The van der Waals surface area contributed by atoms with Crippen molar-refractivity contribution < 1.29 is 50.7 Å². The Morgan fingerprint density at radius 3 is 2.22 bits per heavy atom. The standard InChI is InChI=1S/C15H20P.C13H9.2ClH.Hf/c1-3-9-16(10-4-2)15-11-13-7-5-6-8-14(13)12-15;1-3-7-12-10(5-1)9-11-6-2-4-8-13(11)12;;;/h5-8,11-12H,3-4,9-10H2,1-2H3;1-5,7-8H,9H2;2*1H;/q2*-1;;;+4/p-2. The monoisotopic (exact) mass is 646 g/mol. The van der Waals surface area contributed by atoms with E-state index in [-0.39, 0.29) is 58.6 Å². The first-order chi connectivity index (χ1) is 14.3. The number of hydrogen-bond donors (Lipinski definition) is 0. The Balaban J connectivity index is 0.000000296. The van der Waals surface area contributed by atoms with E-state index in [1.54, 1.807) is 5.30 Å². The maximum absolute atomic E-state index is 3.30. The molecule has 32 heavy (non-hydrogen) atoms. The molecule has 0 saturated carbocycles. The predicted molar refractivity (Wildman–Crippen MR) is 130 cm³/mol. The molecule has 0 radical (unpaired) electrons. The smallest absolute Gasteiger partial charge is 1.00 e. The molecule has 0 fully saturated rings. The average Bonchev–Trinajstić information content (AvgIpc) is 3.35. The van der Waals surface area contributed by atoms with Crippen LogP contribution in [0.15, 0.2) is 78.9 Å².